The zero-order valence-corrected chi connectivity index (χ0v) is 8.15. The number of hydrogen-bond acceptors (Lipinski definition) is 4. The van der Waals surface area contributed by atoms with Crippen molar-refractivity contribution in [2.75, 3.05) is 0 Å². The summed E-state index contributed by atoms with van der Waals surface area (Å²) in [5.74, 6) is 0.467. The summed E-state index contributed by atoms with van der Waals surface area (Å²) in [4.78, 5) is 10.6. The van der Waals surface area contributed by atoms with Gasteiger partial charge in [-0.05, 0) is 25.1 Å². The Hall–Kier alpha value is -2.04. The minimum absolute atomic E-state index is 0.0991. The topological polar surface area (TPSA) is 74.8 Å². The van der Waals surface area contributed by atoms with Gasteiger partial charge in [-0.25, -0.2) is 4.79 Å². The van der Waals surface area contributed by atoms with E-state index in [-0.39, 0.29) is 5.70 Å². The van der Waals surface area contributed by atoms with E-state index in [0.717, 1.165) is 5.76 Å². The average Bonchev–Trinajstić information content (AvgIpc) is 2.65. The maximum Gasteiger partial charge on any atom is 0.353 e. The molecule has 5 heteroatoms. The number of aryl methyl sites for hydroxylation is 1. The van der Waals surface area contributed by atoms with E-state index in [0.29, 0.717) is 17.9 Å². The number of carboxylic acids is 1. The van der Waals surface area contributed by atoms with Crippen molar-refractivity contribution in [1.82, 2.24) is 5.43 Å². The van der Waals surface area contributed by atoms with Gasteiger partial charge in [-0.2, -0.15) is 5.10 Å². The van der Waals surface area contributed by atoms with Crippen molar-refractivity contribution >= 4 is 11.7 Å². The van der Waals surface area contributed by atoms with Crippen molar-refractivity contribution in [3.8, 4) is 0 Å². The van der Waals surface area contributed by atoms with E-state index >= 15 is 0 Å². The first-order valence-corrected chi connectivity index (χ1v) is 4.49. The van der Waals surface area contributed by atoms with Crippen LogP contribution in [0.15, 0.2) is 33.4 Å². The maximum atomic E-state index is 10.6. The van der Waals surface area contributed by atoms with Gasteiger partial charge in [0.15, 0.2) is 5.76 Å². The molecule has 5 nitrogen and oxygen atoms in total. The molecular formula is C10H10N2O3. The van der Waals surface area contributed by atoms with Gasteiger partial charge < -0.3 is 9.52 Å². The van der Waals surface area contributed by atoms with Crippen LogP contribution in [0.2, 0.25) is 0 Å². The number of allylic oxidation sites excluding steroid dienone is 1. The van der Waals surface area contributed by atoms with E-state index in [1.807, 2.05) is 19.1 Å². The number of rotatable bonds is 2. The molecule has 0 amide bonds. The lowest BCUT2D eigenvalue weighted by atomic mass is 10.2. The number of carboxylic acid groups (broad SMARTS) is 1. The molecule has 0 atom stereocenters. The summed E-state index contributed by atoms with van der Waals surface area (Å²) in [5.41, 5.74) is 3.27. The van der Waals surface area contributed by atoms with Gasteiger partial charge in [0.1, 0.15) is 17.2 Å². The molecule has 0 saturated heterocycles. The second kappa shape index (κ2) is 3.61. The summed E-state index contributed by atoms with van der Waals surface area (Å²) in [6, 6.07) is 3.66. The summed E-state index contributed by atoms with van der Waals surface area (Å²) in [6.45, 7) is 1.85. The van der Waals surface area contributed by atoms with Crippen LogP contribution in [0.5, 0.6) is 0 Å². The lowest BCUT2D eigenvalue weighted by Gasteiger charge is -2.09. The van der Waals surface area contributed by atoms with Crippen molar-refractivity contribution in [2.24, 2.45) is 5.10 Å². The normalized spacial score (nSPS) is 15.3. The van der Waals surface area contributed by atoms with Gasteiger partial charge in [0.2, 0.25) is 0 Å². The first-order valence-electron chi connectivity index (χ1n) is 4.49. The van der Waals surface area contributed by atoms with Gasteiger partial charge in [0.25, 0.3) is 0 Å². The van der Waals surface area contributed by atoms with Crippen LogP contribution in [-0.4, -0.2) is 16.8 Å². The molecule has 0 radical (unpaired) electrons. The fraction of sp³-hybridized carbons (Fsp3) is 0.200. The quantitative estimate of drug-likeness (QED) is 0.763. The third-order valence-corrected chi connectivity index (χ3v) is 2.07. The minimum Gasteiger partial charge on any atom is -0.477 e. The summed E-state index contributed by atoms with van der Waals surface area (Å²) in [7, 11) is 0. The monoisotopic (exact) mass is 206 g/mol. The van der Waals surface area contributed by atoms with E-state index in [2.05, 4.69) is 10.5 Å². The van der Waals surface area contributed by atoms with Crippen LogP contribution in [0.3, 0.4) is 0 Å². The molecule has 0 spiro atoms. The van der Waals surface area contributed by atoms with E-state index in [1.165, 1.54) is 0 Å². The van der Waals surface area contributed by atoms with Crippen molar-refractivity contribution in [3.63, 3.8) is 0 Å². The Bertz CT molecular complexity index is 457. The highest BCUT2D eigenvalue weighted by Crippen LogP contribution is 2.13. The molecular weight excluding hydrogens is 196 g/mol. The fourth-order valence-electron chi connectivity index (χ4n) is 1.30. The SMILES string of the molecule is Cc1ccc(C2=NNC(C(=O)O)=CC2)o1. The number of aliphatic carboxylic acids is 1. The van der Waals surface area contributed by atoms with Crippen molar-refractivity contribution < 1.29 is 14.3 Å². The van der Waals surface area contributed by atoms with Gasteiger partial charge in [0, 0.05) is 6.42 Å². The van der Waals surface area contributed by atoms with Crippen LogP contribution in [0.1, 0.15) is 17.9 Å². The van der Waals surface area contributed by atoms with E-state index < -0.39 is 5.97 Å². The molecule has 1 aliphatic heterocycles. The third kappa shape index (κ3) is 1.90. The standard InChI is InChI=1S/C10H10N2O3/c1-6-2-5-9(15-6)7-3-4-8(10(13)14)12-11-7/h2,4-5,12H,3H2,1H3,(H,13,14). The van der Waals surface area contributed by atoms with Crippen LogP contribution >= 0.6 is 0 Å². The number of hydrazone groups is 1. The zero-order chi connectivity index (χ0) is 10.8. The summed E-state index contributed by atoms with van der Waals surface area (Å²) >= 11 is 0. The van der Waals surface area contributed by atoms with Gasteiger partial charge in [0.05, 0.1) is 0 Å². The van der Waals surface area contributed by atoms with Crippen LogP contribution < -0.4 is 5.43 Å². The van der Waals surface area contributed by atoms with Gasteiger partial charge in [-0.1, -0.05) is 0 Å². The van der Waals surface area contributed by atoms with Gasteiger partial charge in [-0.15, -0.1) is 0 Å². The molecule has 2 rings (SSSR count). The molecule has 0 unspecified atom stereocenters. The lowest BCUT2D eigenvalue weighted by Crippen LogP contribution is -2.21. The molecule has 1 aliphatic rings. The maximum absolute atomic E-state index is 10.6. The highest BCUT2D eigenvalue weighted by Gasteiger charge is 2.15. The lowest BCUT2D eigenvalue weighted by molar-refractivity contribution is -0.133. The van der Waals surface area contributed by atoms with Crippen LogP contribution in [0, 0.1) is 6.92 Å². The van der Waals surface area contributed by atoms with E-state index in [1.54, 1.807) is 6.08 Å². The fourth-order valence-corrected chi connectivity index (χ4v) is 1.30. The van der Waals surface area contributed by atoms with Crippen molar-refractivity contribution in [1.29, 1.82) is 0 Å². The Morgan fingerprint density at radius 2 is 2.40 bits per heavy atom. The molecule has 0 saturated carbocycles. The first kappa shape index (κ1) is 9.51. The Morgan fingerprint density at radius 3 is 2.87 bits per heavy atom. The molecule has 0 fully saturated rings. The number of hydrogen-bond donors (Lipinski definition) is 2. The molecule has 15 heavy (non-hydrogen) atoms. The molecule has 0 aliphatic carbocycles. The molecule has 1 aromatic heterocycles. The molecule has 78 valence electrons. The highest BCUT2D eigenvalue weighted by molar-refractivity contribution is 6.01. The minimum atomic E-state index is -1.01. The van der Waals surface area contributed by atoms with E-state index in [4.69, 9.17) is 9.52 Å². The van der Waals surface area contributed by atoms with E-state index in [9.17, 15) is 4.79 Å². The third-order valence-electron chi connectivity index (χ3n) is 2.07. The van der Waals surface area contributed by atoms with Crippen LogP contribution in [0.4, 0.5) is 0 Å². The first-order chi connectivity index (χ1) is 7.16. The largest absolute Gasteiger partial charge is 0.477 e. The molecule has 0 aromatic carbocycles. The number of carbonyl (C=O) groups is 1. The van der Waals surface area contributed by atoms with Crippen molar-refractivity contribution in [3.05, 3.63) is 35.4 Å². The Morgan fingerprint density at radius 1 is 1.60 bits per heavy atom. The highest BCUT2D eigenvalue weighted by atomic mass is 16.4. The Labute approximate surface area is 86.1 Å². The second-order valence-electron chi connectivity index (χ2n) is 3.21. The molecule has 1 aromatic rings. The molecule has 2 heterocycles. The zero-order valence-electron chi connectivity index (χ0n) is 8.15. The Kier molecular flexibility index (Phi) is 2.29. The smallest absolute Gasteiger partial charge is 0.353 e. The van der Waals surface area contributed by atoms with Crippen LogP contribution in [-0.2, 0) is 4.79 Å². The van der Waals surface area contributed by atoms with Gasteiger partial charge >= 0.3 is 5.97 Å². The Balaban J connectivity index is 2.14. The molecule has 2 N–H and O–H groups in total. The number of nitrogens with zero attached hydrogens (tertiary/aromatic N) is 1. The predicted molar refractivity (Wildman–Crippen MR) is 53.5 cm³/mol. The van der Waals surface area contributed by atoms with Gasteiger partial charge in [-0.3, -0.25) is 5.43 Å². The second-order valence-corrected chi connectivity index (χ2v) is 3.21. The number of furan rings is 1. The van der Waals surface area contributed by atoms with Crippen LogP contribution in [0.25, 0.3) is 0 Å². The summed E-state index contributed by atoms with van der Waals surface area (Å²) in [6.07, 6.45) is 2.03. The van der Waals surface area contributed by atoms with Crippen molar-refractivity contribution in [2.45, 2.75) is 13.3 Å². The average molecular weight is 206 g/mol. The number of nitrogens with one attached hydrogen (secondary N) is 1. The predicted octanol–water partition coefficient (Wildman–Crippen LogP) is 1.25. The summed E-state index contributed by atoms with van der Waals surface area (Å²) in [5, 5.41) is 12.6. The summed E-state index contributed by atoms with van der Waals surface area (Å²) < 4.78 is 5.37. The molecule has 0 bridgehead atoms.